The van der Waals surface area contributed by atoms with E-state index >= 15 is 0 Å². The van der Waals surface area contributed by atoms with Gasteiger partial charge in [-0.05, 0) is 43.7 Å². The fraction of sp³-hybridized carbons (Fsp3) is 0.188. The van der Waals surface area contributed by atoms with E-state index in [1.54, 1.807) is 12.1 Å². The van der Waals surface area contributed by atoms with Crippen LogP contribution in [0.15, 0.2) is 42.5 Å². The SMILES string of the molecule is Cc1ccc(NC(=O)COc2cc(C)cc(O)c2)cc1. The van der Waals surface area contributed by atoms with Crippen LogP contribution < -0.4 is 10.1 Å². The topological polar surface area (TPSA) is 58.6 Å². The van der Waals surface area contributed by atoms with Crippen molar-refractivity contribution in [2.75, 3.05) is 11.9 Å². The molecule has 0 saturated heterocycles. The fourth-order valence-electron chi connectivity index (χ4n) is 1.79. The van der Waals surface area contributed by atoms with Gasteiger partial charge in [-0.2, -0.15) is 0 Å². The van der Waals surface area contributed by atoms with Crippen LogP contribution in [0.1, 0.15) is 11.1 Å². The highest BCUT2D eigenvalue weighted by atomic mass is 16.5. The molecule has 0 fully saturated rings. The lowest BCUT2D eigenvalue weighted by Gasteiger charge is -2.08. The first-order valence-electron chi connectivity index (χ1n) is 6.33. The Bertz CT molecular complexity index is 585. The summed E-state index contributed by atoms with van der Waals surface area (Å²) in [5.41, 5.74) is 2.74. The van der Waals surface area contributed by atoms with Gasteiger partial charge in [0.25, 0.3) is 5.91 Å². The molecule has 0 heterocycles. The van der Waals surface area contributed by atoms with Crippen LogP contribution in [0.2, 0.25) is 0 Å². The van der Waals surface area contributed by atoms with Crippen LogP contribution in [0.25, 0.3) is 0 Å². The Labute approximate surface area is 118 Å². The second-order valence-corrected chi connectivity index (χ2v) is 4.71. The zero-order valence-electron chi connectivity index (χ0n) is 11.5. The number of phenols is 1. The van der Waals surface area contributed by atoms with Crippen molar-refractivity contribution >= 4 is 11.6 Å². The average Bonchev–Trinajstić information content (AvgIpc) is 2.38. The molecule has 4 nitrogen and oxygen atoms in total. The third kappa shape index (κ3) is 4.02. The van der Waals surface area contributed by atoms with Crippen molar-refractivity contribution in [1.29, 1.82) is 0 Å². The van der Waals surface area contributed by atoms with Crippen molar-refractivity contribution in [3.8, 4) is 11.5 Å². The van der Waals surface area contributed by atoms with Crippen LogP contribution in [-0.4, -0.2) is 17.6 Å². The van der Waals surface area contributed by atoms with Crippen molar-refractivity contribution in [3.63, 3.8) is 0 Å². The van der Waals surface area contributed by atoms with Crippen LogP contribution >= 0.6 is 0 Å². The summed E-state index contributed by atoms with van der Waals surface area (Å²) in [6.07, 6.45) is 0. The van der Waals surface area contributed by atoms with E-state index in [0.29, 0.717) is 5.75 Å². The number of hydrogen-bond acceptors (Lipinski definition) is 3. The van der Waals surface area contributed by atoms with E-state index in [1.165, 1.54) is 6.07 Å². The van der Waals surface area contributed by atoms with E-state index in [0.717, 1.165) is 16.8 Å². The molecule has 2 rings (SSSR count). The average molecular weight is 271 g/mol. The predicted molar refractivity (Wildman–Crippen MR) is 78.1 cm³/mol. The molecule has 20 heavy (non-hydrogen) atoms. The van der Waals surface area contributed by atoms with Crippen LogP contribution in [-0.2, 0) is 4.79 Å². The van der Waals surface area contributed by atoms with Gasteiger partial charge in [-0.3, -0.25) is 4.79 Å². The Hall–Kier alpha value is -2.49. The molecule has 4 heteroatoms. The quantitative estimate of drug-likeness (QED) is 0.898. The van der Waals surface area contributed by atoms with E-state index in [1.807, 2.05) is 38.1 Å². The summed E-state index contributed by atoms with van der Waals surface area (Å²) < 4.78 is 5.35. The first-order valence-corrected chi connectivity index (χ1v) is 6.33. The van der Waals surface area contributed by atoms with Gasteiger partial charge in [0.15, 0.2) is 6.61 Å². The number of carbonyl (C=O) groups excluding carboxylic acids is 1. The molecular weight excluding hydrogens is 254 g/mol. The maximum absolute atomic E-state index is 11.7. The van der Waals surface area contributed by atoms with Crippen molar-refractivity contribution in [2.45, 2.75) is 13.8 Å². The zero-order chi connectivity index (χ0) is 14.5. The molecule has 104 valence electrons. The van der Waals surface area contributed by atoms with Crippen molar-refractivity contribution in [2.24, 2.45) is 0 Å². The van der Waals surface area contributed by atoms with Gasteiger partial charge in [-0.15, -0.1) is 0 Å². The molecule has 0 unspecified atom stereocenters. The fourth-order valence-corrected chi connectivity index (χ4v) is 1.79. The molecule has 2 N–H and O–H groups in total. The van der Waals surface area contributed by atoms with E-state index in [4.69, 9.17) is 4.74 Å². The van der Waals surface area contributed by atoms with Crippen LogP contribution in [0.4, 0.5) is 5.69 Å². The first kappa shape index (κ1) is 13.9. The normalized spacial score (nSPS) is 10.1. The number of ether oxygens (including phenoxy) is 1. The molecule has 0 radical (unpaired) electrons. The standard InChI is InChI=1S/C16H17NO3/c1-11-3-5-13(6-4-11)17-16(19)10-20-15-8-12(2)7-14(18)9-15/h3-9,18H,10H2,1-2H3,(H,17,19). The number of amides is 1. The Balaban J connectivity index is 1.90. The highest BCUT2D eigenvalue weighted by Gasteiger charge is 2.05. The van der Waals surface area contributed by atoms with Gasteiger partial charge in [0, 0.05) is 11.8 Å². The number of aryl methyl sites for hydroxylation is 2. The van der Waals surface area contributed by atoms with Crippen LogP contribution in [0.3, 0.4) is 0 Å². The summed E-state index contributed by atoms with van der Waals surface area (Å²) in [5.74, 6) is 0.357. The monoisotopic (exact) mass is 271 g/mol. The number of aromatic hydroxyl groups is 1. The number of nitrogens with one attached hydrogen (secondary N) is 1. The molecule has 2 aromatic carbocycles. The van der Waals surface area contributed by atoms with E-state index in [2.05, 4.69) is 5.32 Å². The van der Waals surface area contributed by atoms with Gasteiger partial charge in [-0.1, -0.05) is 17.7 Å². The second kappa shape index (κ2) is 6.10. The Morgan fingerprint density at radius 2 is 1.80 bits per heavy atom. The van der Waals surface area contributed by atoms with E-state index in [-0.39, 0.29) is 18.3 Å². The maximum atomic E-state index is 11.7. The Morgan fingerprint density at radius 3 is 2.45 bits per heavy atom. The lowest BCUT2D eigenvalue weighted by Crippen LogP contribution is -2.20. The molecule has 2 aromatic rings. The summed E-state index contributed by atoms with van der Waals surface area (Å²) in [7, 11) is 0. The third-order valence-corrected chi connectivity index (χ3v) is 2.74. The maximum Gasteiger partial charge on any atom is 0.262 e. The zero-order valence-corrected chi connectivity index (χ0v) is 11.5. The molecule has 0 atom stereocenters. The van der Waals surface area contributed by atoms with Crippen molar-refractivity contribution < 1.29 is 14.6 Å². The summed E-state index contributed by atoms with van der Waals surface area (Å²) >= 11 is 0. The highest BCUT2D eigenvalue weighted by Crippen LogP contribution is 2.21. The van der Waals surface area contributed by atoms with E-state index < -0.39 is 0 Å². The number of anilines is 1. The smallest absolute Gasteiger partial charge is 0.262 e. The highest BCUT2D eigenvalue weighted by molar-refractivity contribution is 5.91. The summed E-state index contributed by atoms with van der Waals surface area (Å²) in [5, 5.41) is 12.2. The van der Waals surface area contributed by atoms with Gasteiger partial charge in [0.2, 0.25) is 0 Å². The second-order valence-electron chi connectivity index (χ2n) is 4.71. The van der Waals surface area contributed by atoms with Gasteiger partial charge < -0.3 is 15.2 Å². The number of carbonyl (C=O) groups is 1. The predicted octanol–water partition coefficient (Wildman–Crippen LogP) is 3.03. The number of rotatable bonds is 4. The Kier molecular flexibility index (Phi) is 4.25. The summed E-state index contributed by atoms with van der Waals surface area (Å²) in [4.78, 5) is 11.7. The third-order valence-electron chi connectivity index (χ3n) is 2.74. The van der Waals surface area contributed by atoms with Crippen molar-refractivity contribution in [1.82, 2.24) is 0 Å². The molecule has 1 amide bonds. The number of hydrogen-bond donors (Lipinski definition) is 2. The minimum absolute atomic E-state index is 0.100. The molecule has 0 spiro atoms. The van der Waals surface area contributed by atoms with Crippen molar-refractivity contribution in [3.05, 3.63) is 53.6 Å². The van der Waals surface area contributed by atoms with Gasteiger partial charge in [-0.25, -0.2) is 0 Å². The molecular formula is C16H17NO3. The lowest BCUT2D eigenvalue weighted by molar-refractivity contribution is -0.118. The minimum atomic E-state index is -0.241. The first-order chi connectivity index (χ1) is 9.52. The summed E-state index contributed by atoms with van der Waals surface area (Å²) in [6, 6.07) is 12.4. The number of phenolic OH excluding ortho intramolecular Hbond substituents is 1. The lowest BCUT2D eigenvalue weighted by atomic mass is 10.2. The molecule has 0 bridgehead atoms. The summed E-state index contributed by atoms with van der Waals surface area (Å²) in [6.45, 7) is 3.73. The molecule has 0 aliphatic rings. The Morgan fingerprint density at radius 1 is 1.10 bits per heavy atom. The van der Waals surface area contributed by atoms with Gasteiger partial charge in [0.1, 0.15) is 11.5 Å². The molecule has 0 aliphatic carbocycles. The van der Waals surface area contributed by atoms with E-state index in [9.17, 15) is 9.90 Å². The van der Waals surface area contributed by atoms with Gasteiger partial charge >= 0.3 is 0 Å². The molecule has 0 aromatic heterocycles. The van der Waals surface area contributed by atoms with Gasteiger partial charge in [0.05, 0.1) is 0 Å². The van der Waals surface area contributed by atoms with Crippen LogP contribution in [0.5, 0.6) is 11.5 Å². The largest absolute Gasteiger partial charge is 0.508 e. The molecule has 0 saturated carbocycles. The molecule has 0 aliphatic heterocycles. The minimum Gasteiger partial charge on any atom is -0.508 e. The number of benzene rings is 2. The van der Waals surface area contributed by atoms with Crippen LogP contribution in [0, 0.1) is 13.8 Å².